The summed E-state index contributed by atoms with van der Waals surface area (Å²) in [5.41, 5.74) is 1.47. The number of nitrogens with one attached hydrogen (secondary N) is 1. The van der Waals surface area contributed by atoms with E-state index in [0.717, 1.165) is 36.7 Å². The van der Waals surface area contributed by atoms with E-state index in [4.69, 9.17) is 0 Å². The Morgan fingerprint density at radius 1 is 1.03 bits per heavy atom. The first-order chi connectivity index (χ1) is 14.1. The number of unbranched alkanes of at least 4 members (excludes halogenated alkanes) is 5. The van der Waals surface area contributed by atoms with Gasteiger partial charge in [-0.3, -0.25) is 14.3 Å². The average molecular weight is 415 g/mol. The van der Waals surface area contributed by atoms with Crippen molar-refractivity contribution >= 4 is 22.9 Å². The number of imidazole rings is 1. The number of rotatable bonds is 11. The number of benzene rings is 1. The van der Waals surface area contributed by atoms with Crippen LogP contribution in [-0.4, -0.2) is 24.9 Å². The van der Waals surface area contributed by atoms with Gasteiger partial charge in [0.2, 0.25) is 0 Å². The number of hydrogen-bond donors (Lipinski definition) is 1. The summed E-state index contributed by atoms with van der Waals surface area (Å²) in [6.45, 7) is 2.96. The van der Waals surface area contributed by atoms with E-state index in [9.17, 15) is 9.59 Å². The Balaban J connectivity index is 1.78. The fourth-order valence-electron chi connectivity index (χ4n) is 3.49. The van der Waals surface area contributed by atoms with E-state index in [1.807, 2.05) is 22.8 Å². The minimum atomic E-state index is -0.424. The second-order valence-electron chi connectivity index (χ2n) is 7.39. The number of aryl methyl sites for hydroxylation is 3. The normalized spacial score (nSPS) is 11.4. The van der Waals surface area contributed by atoms with E-state index in [1.54, 1.807) is 18.8 Å². The van der Waals surface area contributed by atoms with Crippen LogP contribution in [0.25, 0.3) is 11.2 Å². The number of thioether (sulfide) groups is 1. The largest absolute Gasteiger partial charge is 0.329 e. The zero-order valence-electron chi connectivity index (χ0n) is 17.3. The molecule has 0 radical (unpaired) electrons. The van der Waals surface area contributed by atoms with Crippen molar-refractivity contribution in [3.63, 3.8) is 0 Å². The minimum Gasteiger partial charge on any atom is -0.313 e. The highest BCUT2D eigenvalue weighted by molar-refractivity contribution is 7.99. The fraction of sp³-hybridized carbons (Fsp3) is 0.500. The lowest BCUT2D eigenvalue weighted by atomic mass is 10.1. The first-order valence-electron chi connectivity index (χ1n) is 10.5. The Bertz CT molecular complexity index is 1040. The van der Waals surface area contributed by atoms with Gasteiger partial charge < -0.3 is 4.57 Å². The highest BCUT2D eigenvalue weighted by Crippen LogP contribution is 2.23. The lowest BCUT2D eigenvalue weighted by molar-refractivity contribution is 0.544. The summed E-state index contributed by atoms with van der Waals surface area (Å²) in [6, 6.07) is 10.3. The van der Waals surface area contributed by atoms with Crippen molar-refractivity contribution in [3.8, 4) is 0 Å². The summed E-state index contributed by atoms with van der Waals surface area (Å²) < 4.78 is 3.43. The van der Waals surface area contributed by atoms with Gasteiger partial charge in [0.25, 0.3) is 5.56 Å². The third-order valence-corrected chi connectivity index (χ3v) is 6.15. The van der Waals surface area contributed by atoms with E-state index < -0.39 is 5.69 Å². The Kier molecular flexibility index (Phi) is 7.75. The van der Waals surface area contributed by atoms with E-state index in [-0.39, 0.29) is 5.56 Å². The zero-order chi connectivity index (χ0) is 20.6. The number of hydrogen-bond acceptors (Lipinski definition) is 4. The maximum Gasteiger partial charge on any atom is 0.329 e. The summed E-state index contributed by atoms with van der Waals surface area (Å²) in [5.74, 6) is 0.871. The standard InChI is InChI=1S/C22H30N4O2S/c1-3-4-5-6-7-11-15-26-18-19(25(2)21(28)24-20(18)27)23-22(26)29-16-14-17-12-9-8-10-13-17/h8-10,12-13H,3-7,11,14-16H2,1-2H3,(H,24,27,28). The highest BCUT2D eigenvalue weighted by Gasteiger charge is 2.17. The minimum absolute atomic E-state index is 0.350. The molecular formula is C22H30N4O2S. The van der Waals surface area contributed by atoms with Gasteiger partial charge in [-0.25, -0.2) is 9.78 Å². The molecule has 0 bridgehead atoms. The van der Waals surface area contributed by atoms with Crippen LogP contribution >= 0.6 is 11.8 Å². The van der Waals surface area contributed by atoms with Gasteiger partial charge in [-0.1, -0.05) is 81.1 Å². The summed E-state index contributed by atoms with van der Waals surface area (Å²) in [5, 5.41) is 0.816. The predicted octanol–water partition coefficient (Wildman–Crippen LogP) is 4.12. The molecule has 0 aliphatic carbocycles. The second kappa shape index (κ2) is 10.5. The predicted molar refractivity (Wildman–Crippen MR) is 120 cm³/mol. The van der Waals surface area contributed by atoms with Crippen LogP contribution < -0.4 is 11.2 Å². The van der Waals surface area contributed by atoms with Crippen molar-refractivity contribution in [1.82, 2.24) is 19.1 Å². The molecule has 3 rings (SSSR count). The molecule has 156 valence electrons. The van der Waals surface area contributed by atoms with Crippen molar-refractivity contribution in [3.05, 3.63) is 56.7 Å². The van der Waals surface area contributed by atoms with Gasteiger partial charge in [-0.15, -0.1) is 0 Å². The van der Waals surface area contributed by atoms with Gasteiger partial charge >= 0.3 is 5.69 Å². The molecule has 0 aliphatic heterocycles. The summed E-state index contributed by atoms with van der Waals surface area (Å²) >= 11 is 1.65. The first kappa shape index (κ1) is 21.4. The highest BCUT2D eigenvalue weighted by atomic mass is 32.2. The van der Waals surface area contributed by atoms with Crippen molar-refractivity contribution in [2.75, 3.05) is 5.75 Å². The molecule has 29 heavy (non-hydrogen) atoms. The van der Waals surface area contributed by atoms with E-state index in [0.29, 0.717) is 11.2 Å². The SMILES string of the molecule is CCCCCCCCn1c(SCCc2ccccc2)nc2c1c(=O)[nH]c(=O)n2C. The van der Waals surface area contributed by atoms with Gasteiger partial charge in [0.15, 0.2) is 16.3 Å². The second-order valence-corrected chi connectivity index (χ2v) is 8.45. The Morgan fingerprint density at radius 3 is 2.52 bits per heavy atom. The number of H-pyrrole nitrogens is 1. The molecule has 0 atom stereocenters. The van der Waals surface area contributed by atoms with Crippen LogP contribution in [0.3, 0.4) is 0 Å². The van der Waals surface area contributed by atoms with Crippen LogP contribution in [0.15, 0.2) is 45.1 Å². The third-order valence-electron chi connectivity index (χ3n) is 5.17. The van der Waals surface area contributed by atoms with Gasteiger partial charge in [0.1, 0.15) is 0 Å². The van der Waals surface area contributed by atoms with E-state index in [2.05, 4.69) is 29.0 Å². The van der Waals surface area contributed by atoms with Crippen LogP contribution in [0.5, 0.6) is 0 Å². The molecule has 0 saturated carbocycles. The molecule has 7 heteroatoms. The quantitative estimate of drug-likeness (QED) is 0.378. The molecule has 1 aromatic carbocycles. The van der Waals surface area contributed by atoms with E-state index in [1.165, 1.54) is 35.8 Å². The molecule has 0 saturated heterocycles. The van der Waals surface area contributed by atoms with Crippen LogP contribution in [0.2, 0.25) is 0 Å². The molecular weight excluding hydrogens is 384 g/mol. The van der Waals surface area contributed by atoms with Crippen LogP contribution in [-0.2, 0) is 20.0 Å². The first-order valence-corrected chi connectivity index (χ1v) is 11.5. The third kappa shape index (κ3) is 5.41. The number of aromatic amines is 1. The van der Waals surface area contributed by atoms with Gasteiger partial charge in [0, 0.05) is 19.3 Å². The zero-order valence-corrected chi connectivity index (χ0v) is 18.1. The summed E-state index contributed by atoms with van der Waals surface area (Å²) in [6.07, 6.45) is 8.05. The summed E-state index contributed by atoms with van der Waals surface area (Å²) in [7, 11) is 1.65. The van der Waals surface area contributed by atoms with Crippen LogP contribution in [0.4, 0.5) is 0 Å². The van der Waals surface area contributed by atoms with Crippen molar-refractivity contribution in [2.24, 2.45) is 7.05 Å². The average Bonchev–Trinajstić information content (AvgIpc) is 3.09. The lowest BCUT2D eigenvalue weighted by Crippen LogP contribution is -2.29. The Morgan fingerprint density at radius 2 is 1.76 bits per heavy atom. The van der Waals surface area contributed by atoms with Gasteiger partial charge in [-0.2, -0.15) is 0 Å². The molecule has 2 heterocycles. The van der Waals surface area contributed by atoms with Crippen LogP contribution in [0.1, 0.15) is 51.0 Å². The molecule has 0 amide bonds. The Labute approximate surface area is 175 Å². The molecule has 0 unspecified atom stereocenters. The maximum atomic E-state index is 12.5. The molecule has 0 fully saturated rings. The van der Waals surface area contributed by atoms with Crippen molar-refractivity contribution in [1.29, 1.82) is 0 Å². The van der Waals surface area contributed by atoms with Crippen LogP contribution in [0, 0.1) is 0 Å². The number of fused-ring (bicyclic) bond motifs is 1. The molecule has 1 N–H and O–H groups in total. The monoisotopic (exact) mass is 414 g/mol. The molecule has 2 aromatic heterocycles. The molecule has 0 aliphatic rings. The number of aromatic nitrogens is 4. The van der Waals surface area contributed by atoms with Crippen molar-refractivity contribution in [2.45, 2.75) is 63.6 Å². The molecule has 0 spiro atoms. The fourth-order valence-corrected chi connectivity index (χ4v) is 4.50. The maximum absolute atomic E-state index is 12.5. The lowest BCUT2D eigenvalue weighted by Gasteiger charge is -2.09. The van der Waals surface area contributed by atoms with Gasteiger partial charge in [-0.05, 0) is 18.4 Å². The molecule has 3 aromatic rings. The van der Waals surface area contributed by atoms with E-state index >= 15 is 0 Å². The Hall–Kier alpha value is -2.28. The summed E-state index contributed by atoms with van der Waals surface area (Å²) in [4.78, 5) is 31.6. The smallest absolute Gasteiger partial charge is 0.313 e. The molecule has 6 nitrogen and oxygen atoms in total. The van der Waals surface area contributed by atoms with Crippen molar-refractivity contribution < 1.29 is 0 Å². The number of nitrogens with zero attached hydrogens (tertiary/aromatic N) is 3. The van der Waals surface area contributed by atoms with Gasteiger partial charge in [0.05, 0.1) is 0 Å². The topological polar surface area (TPSA) is 72.7 Å².